The molecular weight excluding hydrogens is 1460 g/mol. The molecule has 5 unspecified atom stereocenters. The van der Waals surface area contributed by atoms with E-state index in [2.05, 4.69) is 203 Å². The van der Waals surface area contributed by atoms with Gasteiger partial charge in [-0.2, -0.15) is 0 Å². The fourth-order valence-corrected chi connectivity index (χ4v) is 13.1. The lowest BCUT2D eigenvalue weighted by molar-refractivity contribution is -0.161. The quantitative estimate of drug-likeness (QED) is 0.0146. The predicted octanol–water partition coefficient (Wildman–Crippen LogP) is 26.9. The van der Waals surface area contributed by atoms with E-state index in [9.17, 15) is 43.5 Å². The number of carbonyl (C=O) groups excluding carboxylic acids is 3. The van der Waals surface area contributed by atoms with Crippen molar-refractivity contribution in [3.05, 3.63) is 182 Å². The summed E-state index contributed by atoms with van der Waals surface area (Å²) in [6, 6.07) is 0. The van der Waals surface area contributed by atoms with E-state index in [0.717, 1.165) is 167 Å². The monoisotopic (exact) mass is 1620 g/mol. The lowest BCUT2D eigenvalue weighted by Gasteiger charge is -2.21. The highest BCUT2D eigenvalue weighted by molar-refractivity contribution is 7.47. The first kappa shape index (κ1) is 108. The second-order valence-electron chi connectivity index (χ2n) is 28.9. The molecule has 0 spiro atoms. The van der Waals surface area contributed by atoms with E-state index in [-0.39, 0.29) is 19.3 Å². The average Bonchev–Trinajstić information content (AvgIpc) is 0.913. The fraction of sp³-hybridized carbons (Fsp3) is 0.653. The van der Waals surface area contributed by atoms with Crippen LogP contribution >= 0.6 is 15.6 Å². The van der Waals surface area contributed by atoms with Crippen LogP contribution in [-0.4, -0.2) is 95.9 Å². The van der Waals surface area contributed by atoms with Crippen molar-refractivity contribution >= 4 is 33.6 Å². The number of carbonyl (C=O) groups is 3. The van der Waals surface area contributed by atoms with E-state index in [1.165, 1.54) is 116 Å². The van der Waals surface area contributed by atoms with Gasteiger partial charge in [-0.1, -0.05) is 344 Å². The Morgan fingerprint density at radius 3 is 0.752 bits per heavy atom. The minimum atomic E-state index is -4.96. The van der Waals surface area contributed by atoms with E-state index in [0.29, 0.717) is 19.3 Å². The van der Waals surface area contributed by atoms with Gasteiger partial charge < -0.3 is 34.2 Å². The highest BCUT2D eigenvalue weighted by atomic mass is 31.2. The lowest BCUT2D eigenvalue weighted by Crippen LogP contribution is -2.30. The molecule has 4 N–H and O–H groups in total. The number of esters is 3. The third kappa shape index (κ3) is 87.3. The summed E-state index contributed by atoms with van der Waals surface area (Å²) in [5.74, 6) is -1.63. The number of hydrogen-bond donors (Lipinski definition) is 4. The van der Waals surface area contributed by atoms with Crippen LogP contribution in [0.3, 0.4) is 0 Å². The average molecular weight is 1620 g/mol. The fourth-order valence-electron chi connectivity index (χ4n) is 11.5. The molecule has 0 aliphatic carbocycles. The van der Waals surface area contributed by atoms with Crippen LogP contribution in [0.5, 0.6) is 0 Å². The van der Waals surface area contributed by atoms with Crippen molar-refractivity contribution in [2.45, 2.75) is 360 Å². The topological polar surface area (TPSA) is 231 Å². The number of phosphoric ester groups is 2. The zero-order valence-corrected chi connectivity index (χ0v) is 72.5. The van der Waals surface area contributed by atoms with Crippen LogP contribution in [0.25, 0.3) is 0 Å². The van der Waals surface area contributed by atoms with Gasteiger partial charge in [-0.25, -0.2) is 9.13 Å². The smallest absolute Gasteiger partial charge is 0.463 e. The number of allylic oxidation sites excluding steroid dienone is 30. The van der Waals surface area contributed by atoms with Crippen LogP contribution in [0.1, 0.15) is 342 Å². The Kier molecular flexibility index (Phi) is 81.9. The Bertz CT molecular complexity index is 2780. The molecule has 0 bridgehead atoms. The predicted molar refractivity (Wildman–Crippen MR) is 472 cm³/mol. The Balaban J connectivity index is 4.58. The molecule has 18 heteroatoms. The number of aliphatic hydroxyl groups is 2. The SMILES string of the molecule is CC/C=C\C/C=C\C/C=C\C/C=C\C/C=C\C/C=C\CCCCCCCCC(=O)OCC(COP(=O)(O)OCC(O)COP(=O)(O)OCC(O)COC(=O)CCCCCCCCCCCCCCCCCCC/C=C\C/C=C\C/C=C\C/C=C\CCCCC)OC(=O)CCCCC/C=C\C/C=C\C/C=C\C/C=C\C/C=C\CC. The third-order valence-corrected chi connectivity index (χ3v) is 20.0. The van der Waals surface area contributed by atoms with Crippen LogP contribution in [0.2, 0.25) is 0 Å². The maximum atomic E-state index is 13.0. The van der Waals surface area contributed by atoms with Crippen molar-refractivity contribution in [3.63, 3.8) is 0 Å². The second-order valence-corrected chi connectivity index (χ2v) is 31.8. The van der Waals surface area contributed by atoms with Gasteiger partial charge in [0.15, 0.2) is 6.10 Å². The molecular formula is C95H158O16P2. The van der Waals surface area contributed by atoms with Gasteiger partial charge in [0.2, 0.25) is 0 Å². The molecule has 16 nitrogen and oxygen atoms in total. The van der Waals surface area contributed by atoms with Crippen LogP contribution in [0, 0.1) is 0 Å². The van der Waals surface area contributed by atoms with Crippen LogP contribution < -0.4 is 0 Å². The molecule has 0 saturated carbocycles. The first-order valence-corrected chi connectivity index (χ1v) is 47.1. The number of ether oxygens (including phenoxy) is 3. The lowest BCUT2D eigenvalue weighted by atomic mass is 10.0. The first-order chi connectivity index (χ1) is 55.2. The van der Waals surface area contributed by atoms with Crippen LogP contribution in [-0.2, 0) is 55.8 Å². The normalized spacial score (nSPS) is 14.7. The number of aliphatic hydroxyl groups excluding tert-OH is 2. The molecule has 0 saturated heterocycles. The van der Waals surface area contributed by atoms with Gasteiger partial charge >= 0.3 is 33.6 Å². The Morgan fingerprint density at radius 2 is 0.469 bits per heavy atom. The number of hydrogen-bond acceptors (Lipinski definition) is 14. The summed E-state index contributed by atoms with van der Waals surface area (Å²) in [5.41, 5.74) is 0. The Labute approximate surface area is 687 Å². The first-order valence-electron chi connectivity index (χ1n) is 44.1. The minimum Gasteiger partial charge on any atom is -0.463 e. The van der Waals surface area contributed by atoms with E-state index >= 15 is 0 Å². The minimum absolute atomic E-state index is 0.0551. The van der Waals surface area contributed by atoms with E-state index in [4.69, 9.17) is 32.3 Å². The Hall–Kier alpha value is -5.35. The largest absolute Gasteiger partial charge is 0.472 e. The Morgan fingerprint density at radius 1 is 0.257 bits per heavy atom. The van der Waals surface area contributed by atoms with Crippen molar-refractivity contribution in [1.29, 1.82) is 0 Å². The molecule has 0 heterocycles. The summed E-state index contributed by atoms with van der Waals surface area (Å²) in [6.45, 7) is 2.38. The summed E-state index contributed by atoms with van der Waals surface area (Å²) in [4.78, 5) is 58.9. The molecule has 0 aromatic heterocycles. The molecule has 0 aromatic carbocycles. The standard InChI is InChI=1S/C95H158O16P2/c1-4-7-10-13-16-19-22-25-28-31-34-36-38-40-41-42-43-44-45-46-47-49-51-52-55-57-60-63-66-69-72-75-78-81-93(98)105-84-90(96)85-107-112(101,102)108-86-91(97)87-109-113(103,104)110-89-92(111-95(100)83-80-77-74-71-68-65-62-59-54-33-30-27-24-21-18-15-12-9-6-3)88-106-94(99)82-79-76-73-70-67-64-61-58-56-53-50-48-39-37-35-32-29-26-23-20-17-14-11-8-5-2/h8-9,11-12,16-21,25-30,34-37,40-41,48,50,54,56,58-59,65,68,90-92,96-97H,4-7,10,13-15,22-24,31-33,38-39,42-47,49,51-53,55,57,60-64,66-67,69-89H2,1-3H3,(H,101,102)(H,103,104)/b11-8-,12-9-,19-16-,20-17-,21-18-,28-25-,29-26-,30-27-,36-34-,37-35-,41-40-,50-48-,58-56-,59-54-,68-65-. The van der Waals surface area contributed by atoms with Gasteiger partial charge in [-0.05, 0) is 161 Å². The summed E-state index contributed by atoms with van der Waals surface area (Å²) in [6.07, 6.45) is 112. The molecule has 0 rings (SSSR count). The van der Waals surface area contributed by atoms with Crippen molar-refractivity contribution < 1.29 is 75.8 Å². The van der Waals surface area contributed by atoms with Gasteiger partial charge in [0.1, 0.15) is 25.4 Å². The van der Waals surface area contributed by atoms with Crippen molar-refractivity contribution in [1.82, 2.24) is 0 Å². The summed E-state index contributed by atoms with van der Waals surface area (Å²) >= 11 is 0. The molecule has 0 aliphatic rings. The summed E-state index contributed by atoms with van der Waals surface area (Å²) in [5, 5.41) is 20.7. The number of rotatable bonds is 82. The van der Waals surface area contributed by atoms with Gasteiger partial charge in [-0.3, -0.25) is 32.5 Å². The molecule has 0 aromatic rings. The highest BCUT2D eigenvalue weighted by Crippen LogP contribution is 2.45. The summed E-state index contributed by atoms with van der Waals surface area (Å²) in [7, 11) is -9.83. The number of unbranched alkanes of at least 4 members (excludes halogenated alkanes) is 29. The molecule has 0 radical (unpaired) electrons. The molecule has 644 valence electrons. The van der Waals surface area contributed by atoms with Gasteiger partial charge in [0.05, 0.1) is 26.4 Å². The summed E-state index contributed by atoms with van der Waals surface area (Å²) < 4.78 is 61.3. The zero-order valence-electron chi connectivity index (χ0n) is 70.7. The maximum absolute atomic E-state index is 13.0. The van der Waals surface area contributed by atoms with Gasteiger partial charge in [-0.15, -0.1) is 0 Å². The second kappa shape index (κ2) is 86.0. The maximum Gasteiger partial charge on any atom is 0.472 e. The number of phosphoric acid groups is 2. The van der Waals surface area contributed by atoms with Crippen molar-refractivity contribution in [3.8, 4) is 0 Å². The van der Waals surface area contributed by atoms with Crippen molar-refractivity contribution in [2.24, 2.45) is 0 Å². The van der Waals surface area contributed by atoms with E-state index in [1.54, 1.807) is 0 Å². The molecule has 113 heavy (non-hydrogen) atoms. The molecule has 0 amide bonds. The molecule has 0 fully saturated rings. The zero-order chi connectivity index (χ0) is 82.2. The van der Waals surface area contributed by atoms with Gasteiger partial charge in [0, 0.05) is 19.3 Å². The van der Waals surface area contributed by atoms with Crippen molar-refractivity contribution in [2.75, 3.05) is 39.6 Å². The van der Waals surface area contributed by atoms with Gasteiger partial charge in [0.25, 0.3) is 0 Å². The molecule has 5 atom stereocenters. The van der Waals surface area contributed by atoms with Crippen LogP contribution in [0.4, 0.5) is 0 Å². The highest BCUT2D eigenvalue weighted by Gasteiger charge is 2.29. The molecule has 0 aliphatic heterocycles. The van der Waals surface area contributed by atoms with Crippen LogP contribution in [0.15, 0.2) is 182 Å². The van der Waals surface area contributed by atoms with E-state index in [1.807, 2.05) is 0 Å². The van der Waals surface area contributed by atoms with E-state index < -0.39 is 91.5 Å². The third-order valence-electron chi connectivity index (χ3n) is 18.1.